The van der Waals surface area contributed by atoms with E-state index in [4.69, 9.17) is 0 Å². The number of benzene rings is 1. The molecule has 2 heterocycles. The number of hydrogen-bond acceptors (Lipinski definition) is 3. The van der Waals surface area contributed by atoms with E-state index in [1.54, 1.807) is 6.20 Å². The van der Waals surface area contributed by atoms with Gasteiger partial charge < -0.3 is 15.2 Å². The van der Waals surface area contributed by atoms with Crippen molar-refractivity contribution in [2.45, 2.75) is 38.8 Å². The fraction of sp³-hybridized carbons (Fsp3) is 0.350. The molecule has 6 heteroatoms. The second-order valence-corrected chi connectivity index (χ2v) is 6.72. The molecule has 1 aromatic carbocycles. The van der Waals surface area contributed by atoms with Crippen molar-refractivity contribution in [3.05, 3.63) is 59.7 Å². The van der Waals surface area contributed by atoms with Crippen LogP contribution in [-0.2, 0) is 13.0 Å². The number of amides is 2. The molecule has 1 aliphatic carbocycles. The number of aromatic nitrogens is 3. The minimum Gasteiger partial charge on any atom is -0.336 e. The van der Waals surface area contributed by atoms with Gasteiger partial charge in [0.25, 0.3) is 0 Å². The Morgan fingerprint density at radius 2 is 2.19 bits per heavy atom. The molecule has 0 fully saturated rings. The number of imidazole rings is 1. The molecule has 0 aliphatic heterocycles. The molecule has 1 aliphatic rings. The SMILES string of the molecule is Cc1nc2ccccc2n1CCNC(=O)NC1CCCc2cnccc21. The molecule has 1 atom stereocenters. The summed E-state index contributed by atoms with van der Waals surface area (Å²) in [6, 6.07) is 10.0. The Kier molecular flexibility index (Phi) is 4.56. The monoisotopic (exact) mass is 349 g/mol. The molecule has 1 unspecified atom stereocenters. The maximum atomic E-state index is 12.3. The van der Waals surface area contributed by atoms with Gasteiger partial charge in [-0.25, -0.2) is 9.78 Å². The molecule has 0 radical (unpaired) electrons. The van der Waals surface area contributed by atoms with Gasteiger partial charge in [0.05, 0.1) is 17.1 Å². The molecular weight excluding hydrogens is 326 g/mol. The first-order valence-corrected chi connectivity index (χ1v) is 9.11. The van der Waals surface area contributed by atoms with Gasteiger partial charge in [0, 0.05) is 25.5 Å². The average molecular weight is 349 g/mol. The third-order valence-electron chi connectivity index (χ3n) is 5.03. The molecule has 6 nitrogen and oxygen atoms in total. The third kappa shape index (κ3) is 3.27. The van der Waals surface area contributed by atoms with E-state index in [1.807, 2.05) is 37.4 Å². The molecule has 26 heavy (non-hydrogen) atoms. The summed E-state index contributed by atoms with van der Waals surface area (Å²) in [5, 5.41) is 6.08. The normalized spacial score (nSPS) is 16.3. The lowest BCUT2D eigenvalue weighted by Gasteiger charge is -2.26. The van der Waals surface area contributed by atoms with E-state index in [2.05, 4.69) is 31.2 Å². The van der Waals surface area contributed by atoms with Crippen LogP contribution >= 0.6 is 0 Å². The van der Waals surface area contributed by atoms with Crippen LogP contribution in [0.25, 0.3) is 11.0 Å². The summed E-state index contributed by atoms with van der Waals surface area (Å²) < 4.78 is 2.14. The Morgan fingerprint density at radius 3 is 3.12 bits per heavy atom. The van der Waals surface area contributed by atoms with Gasteiger partial charge in [-0.05, 0) is 55.5 Å². The summed E-state index contributed by atoms with van der Waals surface area (Å²) in [7, 11) is 0. The smallest absolute Gasteiger partial charge is 0.315 e. The first-order chi connectivity index (χ1) is 12.7. The number of urea groups is 1. The topological polar surface area (TPSA) is 71.8 Å². The number of carbonyl (C=O) groups excluding carboxylic acids is 1. The molecular formula is C20H23N5O. The Labute approximate surface area is 152 Å². The molecule has 2 aromatic heterocycles. The minimum absolute atomic E-state index is 0.0672. The lowest BCUT2D eigenvalue weighted by molar-refractivity contribution is 0.235. The van der Waals surface area contributed by atoms with Crippen molar-refractivity contribution in [2.75, 3.05) is 6.54 Å². The van der Waals surface area contributed by atoms with Crippen LogP contribution in [0.1, 0.15) is 35.8 Å². The minimum atomic E-state index is -0.123. The number of para-hydroxylation sites is 2. The van der Waals surface area contributed by atoms with Gasteiger partial charge in [-0.1, -0.05) is 12.1 Å². The molecule has 2 N–H and O–H groups in total. The number of hydrogen-bond donors (Lipinski definition) is 2. The predicted octanol–water partition coefficient (Wildman–Crippen LogP) is 3.12. The van der Waals surface area contributed by atoms with E-state index in [0.29, 0.717) is 13.1 Å². The van der Waals surface area contributed by atoms with Crippen LogP contribution < -0.4 is 10.6 Å². The zero-order chi connectivity index (χ0) is 17.9. The van der Waals surface area contributed by atoms with Crippen molar-refractivity contribution < 1.29 is 4.79 Å². The van der Waals surface area contributed by atoms with Crippen molar-refractivity contribution >= 4 is 17.1 Å². The second kappa shape index (κ2) is 7.15. The highest BCUT2D eigenvalue weighted by molar-refractivity contribution is 5.76. The van der Waals surface area contributed by atoms with Crippen LogP contribution in [0.5, 0.6) is 0 Å². The van der Waals surface area contributed by atoms with Gasteiger partial charge in [-0.2, -0.15) is 0 Å². The van der Waals surface area contributed by atoms with Gasteiger partial charge in [0.15, 0.2) is 0 Å². The number of pyridine rings is 1. The predicted molar refractivity (Wildman–Crippen MR) is 101 cm³/mol. The lowest BCUT2D eigenvalue weighted by atomic mass is 9.89. The number of rotatable bonds is 4. The highest BCUT2D eigenvalue weighted by atomic mass is 16.2. The van der Waals surface area contributed by atoms with Gasteiger partial charge >= 0.3 is 6.03 Å². The zero-order valence-corrected chi connectivity index (χ0v) is 14.9. The summed E-state index contributed by atoms with van der Waals surface area (Å²) in [5.41, 5.74) is 4.52. The first-order valence-electron chi connectivity index (χ1n) is 9.11. The van der Waals surface area contributed by atoms with Crippen LogP contribution in [0, 0.1) is 6.92 Å². The number of nitrogens with one attached hydrogen (secondary N) is 2. The van der Waals surface area contributed by atoms with Crippen LogP contribution in [-0.4, -0.2) is 27.1 Å². The van der Waals surface area contributed by atoms with Crippen molar-refractivity contribution in [1.82, 2.24) is 25.2 Å². The van der Waals surface area contributed by atoms with Gasteiger partial charge in [0.1, 0.15) is 5.82 Å². The van der Waals surface area contributed by atoms with Crippen molar-refractivity contribution in [3.8, 4) is 0 Å². The summed E-state index contributed by atoms with van der Waals surface area (Å²) in [5.74, 6) is 0.960. The Morgan fingerprint density at radius 1 is 1.31 bits per heavy atom. The van der Waals surface area contributed by atoms with E-state index in [0.717, 1.165) is 36.1 Å². The summed E-state index contributed by atoms with van der Waals surface area (Å²) >= 11 is 0. The van der Waals surface area contributed by atoms with Gasteiger partial charge in [-0.15, -0.1) is 0 Å². The summed E-state index contributed by atoms with van der Waals surface area (Å²) in [6.07, 6.45) is 6.78. The molecule has 4 rings (SSSR count). The third-order valence-corrected chi connectivity index (χ3v) is 5.03. The molecule has 2 amide bonds. The van der Waals surface area contributed by atoms with Gasteiger partial charge in [-0.3, -0.25) is 4.98 Å². The van der Waals surface area contributed by atoms with Crippen LogP contribution in [0.2, 0.25) is 0 Å². The number of carbonyl (C=O) groups is 1. The van der Waals surface area contributed by atoms with E-state index in [9.17, 15) is 4.79 Å². The molecule has 134 valence electrons. The van der Waals surface area contributed by atoms with Crippen LogP contribution in [0.3, 0.4) is 0 Å². The van der Waals surface area contributed by atoms with Crippen molar-refractivity contribution in [2.24, 2.45) is 0 Å². The number of aryl methyl sites for hydroxylation is 2. The van der Waals surface area contributed by atoms with Gasteiger partial charge in [0.2, 0.25) is 0 Å². The maximum Gasteiger partial charge on any atom is 0.315 e. The Bertz CT molecular complexity index is 933. The zero-order valence-electron chi connectivity index (χ0n) is 14.9. The van der Waals surface area contributed by atoms with E-state index < -0.39 is 0 Å². The Hall–Kier alpha value is -2.89. The average Bonchev–Trinajstić information content (AvgIpc) is 2.98. The molecule has 0 spiro atoms. The van der Waals surface area contributed by atoms with E-state index in [1.165, 1.54) is 11.1 Å². The summed E-state index contributed by atoms with van der Waals surface area (Å²) in [6.45, 7) is 3.25. The van der Waals surface area contributed by atoms with Crippen molar-refractivity contribution in [1.29, 1.82) is 0 Å². The van der Waals surface area contributed by atoms with Crippen molar-refractivity contribution in [3.63, 3.8) is 0 Å². The number of nitrogens with zero attached hydrogens (tertiary/aromatic N) is 3. The fourth-order valence-corrected chi connectivity index (χ4v) is 3.76. The largest absolute Gasteiger partial charge is 0.336 e. The molecule has 0 saturated carbocycles. The summed E-state index contributed by atoms with van der Waals surface area (Å²) in [4.78, 5) is 21.1. The highest BCUT2D eigenvalue weighted by Gasteiger charge is 2.21. The standard InChI is InChI=1S/C20H23N5O/c1-14-23-18-6-2-3-8-19(18)25(14)12-11-22-20(26)24-17-7-4-5-15-13-21-10-9-16(15)17/h2-3,6,8-10,13,17H,4-5,7,11-12H2,1H3,(H2,22,24,26). The Balaban J connectivity index is 1.36. The number of fused-ring (bicyclic) bond motifs is 2. The highest BCUT2D eigenvalue weighted by Crippen LogP contribution is 2.28. The van der Waals surface area contributed by atoms with E-state index in [-0.39, 0.29) is 12.1 Å². The second-order valence-electron chi connectivity index (χ2n) is 6.72. The fourth-order valence-electron chi connectivity index (χ4n) is 3.76. The van der Waals surface area contributed by atoms with Crippen LogP contribution in [0.4, 0.5) is 4.79 Å². The maximum absolute atomic E-state index is 12.3. The van der Waals surface area contributed by atoms with E-state index >= 15 is 0 Å². The molecule has 3 aromatic rings. The van der Waals surface area contributed by atoms with Crippen LogP contribution in [0.15, 0.2) is 42.7 Å². The first kappa shape index (κ1) is 16.6. The lowest BCUT2D eigenvalue weighted by Crippen LogP contribution is -2.40. The molecule has 0 bridgehead atoms. The quantitative estimate of drug-likeness (QED) is 0.760. The molecule has 0 saturated heterocycles.